The molecule has 7 fully saturated rings. The lowest BCUT2D eigenvalue weighted by molar-refractivity contribution is -0.370. The predicted molar refractivity (Wildman–Crippen MR) is 231 cm³/mol. The van der Waals surface area contributed by atoms with Gasteiger partial charge in [-0.3, -0.25) is 4.79 Å². The van der Waals surface area contributed by atoms with Gasteiger partial charge in [0.1, 0.15) is 67.1 Å². The van der Waals surface area contributed by atoms with E-state index in [-0.39, 0.29) is 46.0 Å². The van der Waals surface area contributed by atoms with E-state index in [0.29, 0.717) is 19.3 Å². The van der Waals surface area contributed by atoms with E-state index in [9.17, 15) is 61.0 Å². The van der Waals surface area contributed by atoms with Gasteiger partial charge < -0.3 is 84.6 Å². The summed E-state index contributed by atoms with van der Waals surface area (Å²) < 4.78 is 35.4. The Morgan fingerprint density at radius 1 is 0.682 bits per heavy atom. The Bertz CT molecular complexity index is 1800. The summed E-state index contributed by atoms with van der Waals surface area (Å²) in [6.07, 6.45) is -13.7. The number of fused-ring (bicyclic) bond motifs is 7. The number of hydrogen-bond acceptors (Lipinski definition) is 17. The molecule has 0 aromatic heterocycles. The Balaban J connectivity index is 0.940. The quantitative estimate of drug-likeness (QED) is 0.106. The molecule has 0 spiro atoms. The summed E-state index contributed by atoms with van der Waals surface area (Å²) in [5.41, 5.74) is -0.539. The molecule has 24 unspecified atom stereocenters. The van der Waals surface area contributed by atoms with Gasteiger partial charge in [0.15, 0.2) is 18.9 Å². The van der Waals surface area contributed by atoms with Crippen LogP contribution in [0.5, 0.6) is 0 Å². The van der Waals surface area contributed by atoms with Crippen LogP contribution in [-0.4, -0.2) is 180 Å². The summed E-state index contributed by atoms with van der Waals surface area (Å²) in [6.45, 7) is 13.9. The van der Waals surface area contributed by atoms with Gasteiger partial charge in [0.2, 0.25) is 0 Å². The molecule has 378 valence electrons. The van der Waals surface area contributed by atoms with Crippen molar-refractivity contribution in [1.82, 2.24) is 0 Å². The molecule has 11 N–H and O–H groups in total. The van der Waals surface area contributed by atoms with Crippen molar-refractivity contribution in [2.45, 2.75) is 211 Å². The average molecular weight is 943 g/mol. The number of aliphatic hydroxyl groups excluding tert-OH is 10. The minimum atomic E-state index is -1.84. The van der Waals surface area contributed by atoms with Crippen LogP contribution >= 0.6 is 0 Å². The maximum Gasteiger partial charge on any atom is 0.310 e. The number of aliphatic hydroxyl groups is 10. The first-order chi connectivity index (χ1) is 30.8. The van der Waals surface area contributed by atoms with Gasteiger partial charge in [-0.25, -0.2) is 0 Å². The molecule has 18 nitrogen and oxygen atoms in total. The molecule has 24 atom stereocenters. The fourth-order valence-corrected chi connectivity index (χ4v) is 15.0. The highest BCUT2D eigenvalue weighted by Gasteiger charge is 2.70. The van der Waals surface area contributed by atoms with Gasteiger partial charge in [0.25, 0.3) is 0 Å². The number of rotatable bonds is 10. The van der Waals surface area contributed by atoms with Crippen LogP contribution in [0.2, 0.25) is 0 Å². The van der Waals surface area contributed by atoms with Crippen molar-refractivity contribution in [2.75, 3.05) is 19.8 Å². The van der Waals surface area contributed by atoms with Crippen LogP contribution in [-0.2, 0) is 33.2 Å². The summed E-state index contributed by atoms with van der Waals surface area (Å²) in [5, 5.41) is 118. The molecule has 0 radical (unpaired) electrons. The van der Waals surface area contributed by atoms with Gasteiger partial charge in [-0.05, 0) is 111 Å². The molecule has 5 aliphatic carbocycles. The van der Waals surface area contributed by atoms with E-state index in [4.69, 9.17) is 28.4 Å². The molecular formula is C48H78O18. The maximum absolute atomic E-state index is 13.1. The second-order valence-corrected chi connectivity index (χ2v) is 23.3. The minimum Gasteiger partial charge on any atom is -0.481 e. The van der Waals surface area contributed by atoms with Crippen LogP contribution in [0.3, 0.4) is 0 Å². The van der Waals surface area contributed by atoms with Crippen molar-refractivity contribution in [3.8, 4) is 0 Å². The van der Waals surface area contributed by atoms with E-state index >= 15 is 0 Å². The third-order valence-corrected chi connectivity index (χ3v) is 19.5. The molecule has 3 heterocycles. The molecule has 18 heteroatoms. The Labute approximate surface area is 387 Å². The second-order valence-electron chi connectivity index (χ2n) is 23.3. The number of carboxylic acids is 1. The molecular weight excluding hydrogens is 865 g/mol. The molecule has 0 aromatic carbocycles. The molecule has 8 aliphatic rings. The zero-order valence-corrected chi connectivity index (χ0v) is 39.5. The normalized spacial score (nSPS) is 54.8. The van der Waals surface area contributed by atoms with Gasteiger partial charge in [-0.15, -0.1) is 0 Å². The van der Waals surface area contributed by atoms with Crippen molar-refractivity contribution in [2.24, 2.45) is 50.2 Å². The first-order valence-electron chi connectivity index (χ1n) is 24.3. The number of hydrogen-bond donors (Lipinski definition) is 11. The summed E-state index contributed by atoms with van der Waals surface area (Å²) in [5.74, 6) is -0.355. The lowest BCUT2D eigenvalue weighted by Crippen LogP contribution is -2.67. The standard InChI is InChI=1S/C48H78O18/c1-22-38(66-41-36(57)33(54)31(52)26(64-41)20-61-39-35(56)32(53)30(51)25(19-49)63-39)34(55)37(58)40(62-22)65-29-11-12-44(4)27(45(29,5)21-50)10-13-47(7)28(44)9-8-23-24-18-43(2,3)14-16-48(24,42(59)60)17-15-46(23,47)6/h8,22,24-41,49-58H,9-21H2,1-7H3,(H,59,60). The Hall–Kier alpha value is -1.43. The molecule has 0 bridgehead atoms. The highest BCUT2D eigenvalue weighted by molar-refractivity contribution is 5.76. The maximum atomic E-state index is 13.1. The Morgan fingerprint density at radius 3 is 1.94 bits per heavy atom. The topological polar surface area (TPSA) is 295 Å². The summed E-state index contributed by atoms with van der Waals surface area (Å²) in [6, 6.07) is 0. The molecule has 4 saturated carbocycles. The van der Waals surface area contributed by atoms with E-state index < -0.39 is 128 Å². The average Bonchev–Trinajstić information content (AvgIpc) is 3.27. The number of aliphatic carboxylic acids is 1. The van der Waals surface area contributed by atoms with Gasteiger partial charge in [0.05, 0.1) is 37.4 Å². The summed E-state index contributed by atoms with van der Waals surface area (Å²) in [7, 11) is 0. The number of allylic oxidation sites excluding steroid dienone is 2. The molecule has 8 rings (SSSR count). The molecule has 3 saturated heterocycles. The molecule has 3 aliphatic heterocycles. The summed E-state index contributed by atoms with van der Waals surface area (Å²) >= 11 is 0. The van der Waals surface area contributed by atoms with Gasteiger partial charge in [0, 0.05) is 5.41 Å². The number of carboxylic acid groups (broad SMARTS) is 1. The smallest absolute Gasteiger partial charge is 0.310 e. The fraction of sp³-hybridized carbons (Fsp3) is 0.938. The first kappa shape index (κ1) is 50.9. The zero-order chi connectivity index (χ0) is 48.3. The molecule has 0 aromatic rings. The highest BCUT2D eigenvalue weighted by Crippen LogP contribution is 2.76. The SMILES string of the molecule is CC1OC(OC2CCC3(C)C(CCC4(C)C3CC=C3C5CC(C)(C)CCC5(C(=O)O)CCC34C)C2(C)CO)C(O)C(O)C1OC1OC(COC2OC(CO)C(O)C(O)C2O)C(O)C(O)C1O. The van der Waals surface area contributed by atoms with Crippen molar-refractivity contribution < 1.29 is 89.4 Å². The van der Waals surface area contributed by atoms with Crippen LogP contribution in [0.4, 0.5) is 0 Å². The Morgan fingerprint density at radius 2 is 1.29 bits per heavy atom. The van der Waals surface area contributed by atoms with E-state index in [1.165, 1.54) is 5.57 Å². The predicted octanol–water partition coefficient (Wildman–Crippen LogP) is 0.706. The zero-order valence-electron chi connectivity index (χ0n) is 39.5. The number of carbonyl (C=O) groups is 1. The van der Waals surface area contributed by atoms with Gasteiger partial charge >= 0.3 is 5.97 Å². The summed E-state index contributed by atoms with van der Waals surface area (Å²) in [4.78, 5) is 13.1. The van der Waals surface area contributed by atoms with Crippen LogP contribution in [0.15, 0.2) is 11.6 Å². The number of ether oxygens (including phenoxy) is 6. The van der Waals surface area contributed by atoms with Crippen molar-refractivity contribution in [3.05, 3.63) is 11.6 Å². The van der Waals surface area contributed by atoms with Crippen LogP contribution in [0.25, 0.3) is 0 Å². The molecule has 0 amide bonds. The third-order valence-electron chi connectivity index (χ3n) is 19.5. The first-order valence-corrected chi connectivity index (χ1v) is 24.3. The van der Waals surface area contributed by atoms with Crippen molar-refractivity contribution >= 4 is 5.97 Å². The highest BCUT2D eigenvalue weighted by atomic mass is 16.8. The minimum absolute atomic E-state index is 0.00159. The van der Waals surface area contributed by atoms with Crippen molar-refractivity contribution in [1.29, 1.82) is 0 Å². The van der Waals surface area contributed by atoms with Gasteiger partial charge in [-0.2, -0.15) is 0 Å². The van der Waals surface area contributed by atoms with E-state index in [0.717, 1.165) is 44.9 Å². The molecule has 66 heavy (non-hydrogen) atoms. The van der Waals surface area contributed by atoms with E-state index in [1.54, 1.807) is 6.92 Å². The van der Waals surface area contributed by atoms with Crippen LogP contribution < -0.4 is 0 Å². The van der Waals surface area contributed by atoms with Crippen LogP contribution in [0, 0.1) is 50.2 Å². The van der Waals surface area contributed by atoms with E-state index in [1.807, 2.05) is 6.92 Å². The van der Waals surface area contributed by atoms with E-state index in [2.05, 4.69) is 40.7 Å². The third kappa shape index (κ3) is 7.87. The second kappa shape index (κ2) is 18.0. The largest absolute Gasteiger partial charge is 0.481 e. The van der Waals surface area contributed by atoms with Gasteiger partial charge in [-0.1, -0.05) is 53.2 Å². The lowest BCUT2D eigenvalue weighted by atomic mass is 9.33. The Kier molecular flexibility index (Phi) is 13.9. The monoisotopic (exact) mass is 943 g/mol. The lowest BCUT2D eigenvalue weighted by Gasteiger charge is -2.71. The van der Waals surface area contributed by atoms with Crippen LogP contribution in [0.1, 0.15) is 113 Å². The fourth-order valence-electron chi connectivity index (χ4n) is 15.0. The van der Waals surface area contributed by atoms with Crippen molar-refractivity contribution in [3.63, 3.8) is 0 Å².